The molecule has 0 unspecified atom stereocenters. The predicted molar refractivity (Wildman–Crippen MR) is 122 cm³/mol. The molecule has 0 aliphatic carbocycles. The molecule has 0 bridgehead atoms. The van der Waals surface area contributed by atoms with Crippen molar-refractivity contribution in [3.05, 3.63) is 81.4 Å². The normalized spacial score (nSPS) is 10.3. The van der Waals surface area contributed by atoms with Gasteiger partial charge < -0.3 is 19.5 Å². The third kappa shape index (κ3) is 5.63. The van der Waals surface area contributed by atoms with Gasteiger partial charge in [0.25, 0.3) is 5.91 Å². The third-order valence-corrected chi connectivity index (χ3v) is 4.93. The molecule has 3 aromatic carbocycles. The van der Waals surface area contributed by atoms with Crippen LogP contribution in [0.4, 0.5) is 5.69 Å². The van der Waals surface area contributed by atoms with Gasteiger partial charge in [0, 0.05) is 17.3 Å². The van der Waals surface area contributed by atoms with Gasteiger partial charge in [-0.1, -0.05) is 36.4 Å². The molecule has 29 heavy (non-hydrogen) atoms. The monoisotopic (exact) mass is 503 g/mol. The molecule has 0 saturated heterocycles. The zero-order chi connectivity index (χ0) is 20.6. The molecular weight excluding hydrogens is 481 g/mol. The molecule has 150 valence electrons. The van der Waals surface area contributed by atoms with Gasteiger partial charge in [0.2, 0.25) is 0 Å². The van der Waals surface area contributed by atoms with E-state index in [0.717, 1.165) is 9.13 Å². The number of amides is 1. The standard InChI is InChI=1S/C23H22INO4/c1-3-28-22-20(24)12-17(13-21(22)29-15-16-8-5-4-6-9-16)23(26)25-18-10-7-11-19(14-18)27-2/h4-14H,3,15H2,1-2H3,(H,25,26). The Kier molecular flexibility index (Phi) is 7.35. The van der Waals surface area contributed by atoms with Crippen LogP contribution in [-0.2, 0) is 6.61 Å². The van der Waals surface area contributed by atoms with Crippen LogP contribution in [0.2, 0.25) is 0 Å². The first kappa shape index (κ1) is 21.0. The van der Waals surface area contributed by atoms with E-state index < -0.39 is 0 Å². The highest BCUT2D eigenvalue weighted by Gasteiger charge is 2.16. The van der Waals surface area contributed by atoms with Crippen molar-refractivity contribution < 1.29 is 19.0 Å². The minimum Gasteiger partial charge on any atom is -0.497 e. The van der Waals surface area contributed by atoms with Gasteiger partial charge in [-0.25, -0.2) is 0 Å². The molecule has 0 spiro atoms. The first-order valence-corrected chi connectivity index (χ1v) is 10.3. The summed E-state index contributed by atoms with van der Waals surface area (Å²) in [5, 5.41) is 2.89. The van der Waals surface area contributed by atoms with E-state index in [-0.39, 0.29) is 5.91 Å². The van der Waals surface area contributed by atoms with E-state index in [9.17, 15) is 4.79 Å². The van der Waals surface area contributed by atoms with Gasteiger partial charge in [0.1, 0.15) is 12.4 Å². The van der Waals surface area contributed by atoms with E-state index in [2.05, 4.69) is 27.9 Å². The highest BCUT2D eigenvalue weighted by molar-refractivity contribution is 14.1. The number of benzene rings is 3. The van der Waals surface area contributed by atoms with Crippen molar-refractivity contribution in [3.8, 4) is 17.2 Å². The number of carbonyl (C=O) groups excluding carboxylic acids is 1. The van der Waals surface area contributed by atoms with E-state index in [1.165, 1.54) is 0 Å². The lowest BCUT2D eigenvalue weighted by atomic mass is 10.1. The number of halogens is 1. The molecule has 0 aliphatic rings. The van der Waals surface area contributed by atoms with Crippen molar-refractivity contribution in [1.29, 1.82) is 0 Å². The van der Waals surface area contributed by atoms with Crippen molar-refractivity contribution >= 4 is 34.2 Å². The van der Waals surface area contributed by atoms with Crippen molar-refractivity contribution in [2.24, 2.45) is 0 Å². The Labute approximate surface area is 184 Å². The fourth-order valence-corrected chi connectivity index (χ4v) is 3.49. The van der Waals surface area contributed by atoms with Crippen molar-refractivity contribution in [1.82, 2.24) is 0 Å². The van der Waals surface area contributed by atoms with Gasteiger partial charge in [-0.15, -0.1) is 0 Å². The van der Waals surface area contributed by atoms with Crippen LogP contribution >= 0.6 is 22.6 Å². The molecule has 1 amide bonds. The summed E-state index contributed by atoms with van der Waals surface area (Å²) in [4.78, 5) is 12.8. The average Bonchev–Trinajstić information content (AvgIpc) is 2.75. The first-order chi connectivity index (χ1) is 14.1. The summed E-state index contributed by atoms with van der Waals surface area (Å²) in [5.41, 5.74) is 2.19. The predicted octanol–water partition coefficient (Wildman–Crippen LogP) is 5.53. The number of ether oxygens (including phenoxy) is 3. The van der Waals surface area contributed by atoms with Gasteiger partial charge in [-0.3, -0.25) is 4.79 Å². The second-order valence-electron chi connectivity index (χ2n) is 6.18. The molecule has 5 nitrogen and oxygen atoms in total. The van der Waals surface area contributed by atoms with Crippen LogP contribution in [-0.4, -0.2) is 19.6 Å². The molecule has 0 aliphatic heterocycles. The fourth-order valence-electron chi connectivity index (χ4n) is 2.73. The Morgan fingerprint density at radius 3 is 2.52 bits per heavy atom. The quantitative estimate of drug-likeness (QED) is 0.411. The molecule has 0 saturated carbocycles. The maximum absolute atomic E-state index is 12.8. The molecule has 0 fully saturated rings. The Bertz CT molecular complexity index is 976. The zero-order valence-electron chi connectivity index (χ0n) is 16.3. The lowest BCUT2D eigenvalue weighted by Gasteiger charge is -2.15. The Balaban J connectivity index is 1.84. The molecule has 6 heteroatoms. The average molecular weight is 503 g/mol. The number of carbonyl (C=O) groups is 1. The molecule has 3 aromatic rings. The van der Waals surface area contributed by atoms with Crippen molar-refractivity contribution in [2.75, 3.05) is 19.0 Å². The number of nitrogens with one attached hydrogen (secondary N) is 1. The van der Waals surface area contributed by atoms with Crippen LogP contribution in [0.15, 0.2) is 66.7 Å². The summed E-state index contributed by atoms with van der Waals surface area (Å²) in [5.74, 6) is 1.63. The Morgan fingerprint density at radius 2 is 1.79 bits per heavy atom. The summed E-state index contributed by atoms with van der Waals surface area (Å²) in [6.45, 7) is 2.81. The number of hydrogen-bond acceptors (Lipinski definition) is 4. The smallest absolute Gasteiger partial charge is 0.255 e. The molecule has 0 radical (unpaired) electrons. The highest BCUT2D eigenvalue weighted by Crippen LogP contribution is 2.35. The first-order valence-electron chi connectivity index (χ1n) is 9.19. The maximum Gasteiger partial charge on any atom is 0.255 e. The molecule has 0 atom stereocenters. The van der Waals surface area contributed by atoms with Crippen LogP contribution in [0.3, 0.4) is 0 Å². The van der Waals surface area contributed by atoms with E-state index >= 15 is 0 Å². The number of methoxy groups -OCH3 is 1. The van der Waals surface area contributed by atoms with Crippen LogP contribution in [0.25, 0.3) is 0 Å². The minimum absolute atomic E-state index is 0.233. The number of anilines is 1. The van der Waals surface area contributed by atoms with Crippen molar-refractivity contribution in [2.45, 2.75) is 13.5 Å². The van der Waals surface area contributed by atoms with E-state index in [1.807, 2.05) is 55.5 Å². The van der Waals surface area contributed by atoms with Crippen LogP contribution in [0.1, 0.15) is 22.8 Å². The topological polar surface area (TPSA) is 56.8 Å². The molecular formula is C23H22INO4. The summed E-state index contributed by atoms with van der Waals surface area (Å²) in [7, 11) is 1.59. The lowest BCUT2D eigenvalue weighted by molar-refractivity contribution is 0.102. The van der Waals surface area contributed by atoms with E-state index in [4.69, 9.17) is 14.2 Å². The summed E-state index contributed by atoms with van der Waals surface area (Å²) in [6.07, 6.45) is 0. The summed E-state index contributed by atoms with van der Waals surface area (Å²) in [6, 6.07) is 20.6. The molecule has 0 aromatic heterocycles. The van der Waals surface area contributed by atoms with Gasteiger partial charge in [0.15, 0.2) is 11.5 Å². The fraction of sp³-hybridized carbons (Fsp3) is 0.174. The van der Waals surface area contributed by atoms with Gasteiger partial charge in [-0.2, -0.15) is 0 Å². The SMILES string of the molecule is CCOc1c(I)cc(C(=O)Nc2cccc(OC)c2)cc1OCc1ccccc1. The van der Waals surface area contributed by atoms with Gasteiger partial charge in [-0.05, 0) is 59.3 Å². The van der Waals surface area contributed by atoms with E-state index in [0.29, 0.717) is 41.7 Å². The molecule has 1 N–H and O–H groups in total. The largest absolute Gasteiger partial charge is 0.497 e. The Morgan fingerprint density at radius 1 is 1.00 bits per heavy atom. The summed E-state index contributed by atoms with van der Waals surface area (Å²) >= 11 is 2.16. The molecule has 3 rings (SSSR count). The van der Waals surface area contributed by atoms with Gasteiger partial charge in [0.05, 0.1) is 17.3 Å². The van der Waals surface area contributed by atoms with Crippen LogP contribution in [0, 0.1) is 3.57 Å². The summed E-state index contributed by atoms with van der Waals surface area (Å²) < 4.78 is 17.8. The second-order valence-corrected chi connectivity index (χ2v) is 7.34. The second kappa shape index (κ2) is 10.2. The lowest BCUT2D eigenvalue weighted by Crippen LogP contribution is -2.13. The van der Waals surface area contributed by atoms with Crippen molar-refractivity contribution in [3.63, 3.8) is 0 Å². The van der Waals surface area contributed by atoms with Crippen LogP contribution < -0.4 is 19.5 Å². The zero-order valence-corrected chi connectivity index (χ0v) is 18.4. The van der Waals surface area contributed by atoms with Crippen LogP contribution in [0.5, 0.6) is 17.2 Å². The number of hydrogen-bond donors (Lipinski definition) is 1. The minimum atomic E-state index is -0.233. The maximum atomic E-state index is 12.8. The highest BCUT2D eigenvalue weighted by atomic mass is 127. The number of rotatable bonds is 8. The third-order valence-electron chi connectivity index (χ3n) is 4.13. The Hall–Kier alpha value is -2.74. The van der Waals surface area contributed by atoms with Gasteiger partial charge >= 0.3 is 0 Å². The molecule has 0 heterocycles. The van der Waals surface area contributed by atoms with E-state index in [1.54, 1.807) is 25.3 Å².